The molecule has 0 unspecified atom stereocenters. The maximum Gasteiger partial charge on any atom is 0.345 e. The van der Waals surface area contributed by atoms with Crippen LogP contribution in [-0.4, -0.2) is 9.97 Å². The van der Waals surface area contributed by atoms with Crippen LogP contribution in [0, 0.1) is 12.7 Å². The van der Waals surface area contributed by atoms with Gasteiger partial charge in [-0.25, -0.2) is 9.18 Å². The molecule has 0 aliphatic carbocycles. The topological polar surface area (TPSA) is 45.8 Å². The minimum absolute atomic E-state index is 0.220. The van der Waals surface area contributed by atoms with Crippen LogP contribution in [-0.2, 0) is 0 Å². The molecule has 0 aliphatic rings. The molecular formula is C9H7FN2OS. The Kier molecular flexibility index (Phi) is 2.17. The van der Waals surface area contributed by atoms with Crippen LogP contribution < -0.4 is 5.69 Å². The van der Waals surface area contributed by atoms with Gasteiger partial charge in [0.2, 0.25) is 0 Å². The Bertz CT molecular complexity index is 518. The van der Waals surface area contributed by atoms with Crippen LogP contribution in [0.4, 0.5) is 4.39 Å². The molecule has 0 saturated heterocycles. The number of nitrogens with zero attached hydrogens (tertiary/aromatic N) is 1. The second kappa shape index (κ2) is 3.34. The minimum Gasteiger partial charge on any atom is -0.302 e. The molecular weight excluding hydrogens is 203 g/mol. The Morgan fingerprint density at radius 1 is 1.57 bits per heavy atom. The Hall–Kier alpha value is -1.49. The van der Waals surface area contributed by atoms with Crippen LogP contribution in [0.25, 0.3) is 10.6 Å². The minimum atomic E-state index is -0.533. The van der Waals surface area contributed by atoms with Gasteiger partial charge < -0.3 is 4.98 Å². The molecule has 2 aromatic rings. The van der Waals surface area contributed by atoms with Crippen molar-refractivity contribution in [1.82, 2.24) is 9.97 Å². The molecule has 0 fully saturated rings. The Morgan fingerprint density at radius 2 is 2.36 bits per heavy atom. The predicted molar refractivity (Wildman–Crippen MR) is 52.9 cm³/mol. The maximum atomic E-state index is 13.3. The quantitative estimate of drug-likeness (QED) is 0.781. The maximum absolute atomic E-state index is 13.3. The number of hydrogen-bond donors (Lipinski definition) is 1. The monoisotopic (exact) mass is 210 g/mol. The molecule has 14 heavy (non-hydrogen) atoms. The summed E-state index contributed by atoms with van der Waals surface area (Å²) in [5.74, 6) is -0.504. The molecule has 2 rings (SSSR count). The summed E-state index contributed by atoms with van der Waals surface area (Å²) in [5.41, 5.74) is 0.627. The molecule has 0 radical (unpaired) electrons. The van der Waals surface area contributed by atoms with Gasteiger partial charge >= 0.3 is 5.69 Å². The van der Waals surface area contributed by atoms with E-state index in [1.165, 1.54) is 11.3 Å². The van der Waals surface area contributed by atoms with E-state index in [0.717, 1.165) is 16.6 Å². The zero-order valence-corrected chi connectivity index (χ0v) is 8.19. The number of aryl methyl sites for hydroxylation is 1. The van der Waals surface area contributed by atoms with Crippen molar-refractivity contribution in [3.8, 4) is 10.6 Å². The van der Waals surface area contributed by atoms with Gasteiger partial charge in [0.15, 0.2) is 5.82 Å². The van der Waals surface area contributed by atoms with Gasteiger partial charge in [0, 0.05) is 0 Å². The lowest BCUT2D eigenvalue weighted by atomic mass is 10.2. The number of thiophene rings is 1. The average molecular weight is 210 g/mol. The summed E-state index contributed by atoms with van der Waals surface area (Å²) in [6.45, 7) is 1.87. The van der Waals surface area contributed by atoms with Crippen molar-refractivity contribution in [3.05, 3.63) is 39.5 Å². The molecule has 0 atom stereocenters. The molecule has 0 aromatic carbocycles. The van der Waals surface area contributed by atoms with Crippen LogP contribution in [0.3, 0.4) is 0 Å². The summed E-state index contributed by atoms with van der Waals surface area (Å²) < 4.78 is 13.3. The zero-order chi connectivity index (χ0) is 10.1. The van der Waals surface area contributed by atoms with Crippen molar-refractivity contribution in [2.24, 2.45) is 0 Å². The van der Waals surface area contributed by atoms with Crippen molar-refractivity contribution in [3.63, 3.8) is 0 Å². The molecule has 3 nitrogen and oxygen atoms in total. The fourth-order valence-electron chi connectivity index (χ4n) is 1.17. The van der Waals surface area contributed by atoms with Gasteiger partial charge in [0.05, 0.1) is 16.8 Å². The molecule has 5 heteroatoms. The van der Waals surface area contributed by atoms with E-state index in [0.29, 0.717) is 0 Å². The fraction of sp³-hybridized carbons (Fsp3) is 0.111. The first-order valence-corrected chi connectivity index (χ1v) is 4.86. The number of halogens is 1. The summed E-state index contributed by atoms with van der Waals surface area (Å²) in [6.07, 6.45) is 0.938. The van der Waals surface area contributed by atoms with E-state index in [1.807, 2.05) is 18.4 Å². The molecule has 2 heterocycles. The zero-order valence-electron chi connectivity index (χ0n) is 7.37. The SMILES string of the molecule is Cc1ccsc1-c1[nH]c(=O)ncc1F. The number of H-pyrrole nitrogens is 1. The third kappa shape index (κ3) is 1.46. The number of hydrogen-bond acceptors (Lipinski definition) is 3. The van der Waals surface area contributed by atoms with E-state index >= 15 is 0 Å². The van der Waals surface area contributed by atoms with Crippen molar-refractivity contribution in [2.75, 3.05) is 0 Å². The third-order valence-corrected chi connectivity index (χ3v) is 2.89. The lowest BCUT2D eigenvalue weighted by Crippen LogP contribution is -2.11. The van der Waals surface area contributed by atoms with Gasteiger partial charge in [-0.3, -0.25) is 0 Å². The fourth-order valence-corrected chi connectivity index (χ4v) is 2.10. The van der Waals surface area contributed by atoms with Gasteiger partial charge in [0.25, 0.3) is 0 Å². The predicted octanol–water partition coefficient (Wildman–Crippen LogP) is 1.95. The molecule has 0 amide bonds. The second-order valence-corrected chi connectivity index (χ2v) is 3.76. The van der Waals surface area contributed by atoms with E-state index in [9.17, 15) is 9.18 Å². The summed E-state index contributed by atoms with van der Waals surface area (Å²) >= 11 is 1.39. The summed E-state index contributed by atoms with van der Waals surface area (Å²) in [4.78, 5) is 17.3. The third-order valence-electron chi connectivity index (χ3n) is 1.86. The number of aromatic nitrogens is 2. The van der Waals surface area contributed by atoms with Gasteiger partial charge in [-0.15, -0.1) is 11.3 Å². The number of nitrogens with one attached hydrogen (secondary N) is 1. The highest BCUT2D eigenvalue weighted by Crippen LogP contribution is 2.27. The Balaban J connectivity index is 2.68. The van der Waals surface area contributed by atoms with E-state index in [2.05, 4.69) is 9.97 Å². The van der Waals surface area contributed by atoms with Gasteiger partial charge in [-0.2, -0.15) is 4.98 Å². The molecule has 0 saturated carbocycles. The molecule has 72 valence electrons. The highest BCUT2D eigenvalue weighted by Gasteiger charge is 2.10. The van der Waals surface area contributed by atoms with Crippen LogP contribution >= 0.6 is 11.3 Å². The van der Waals surface area contributed by atoms with E-state index in [1.54, 1.807) is 0 Å². The molecule has 1 N–H and O–H groups in total. The lowest BCUT2D eigenvalue weighted by molar-refractivity contribution is 0.615. The van der Waals surface area contributed by atoms with Crippen LogP contribution in [0.5, 0.6) is 0 Å². The van der Waals surface area contributed by atoms with Crippen LogP contribution in [0.1, 0.15) is 5.56 Å². The summed E-state index contributed by atoms with van der Waals surface area (Å²) in [7, 11) is 0. The lowest BCUT2D eigenvalue weighted by Gasteiger charge is -1.99. The van der Waals surface area contributed by atoms with Crippen molar-refractivity contribution in [1.29, 1.82) is 0 Å². The summed E-state index contributed by atoms with van der Waals surface area (Å²) in [6, 6.07) is 1.87. The first kappa shape index (κ1) is 9.08. The highest BCUT2D eigenvalue weighted by molar-refractivity contribution is 7.13. The van der Waals surface area contributed by atoms with Gasteiger partial charge in [-0.1, -0.05) is 0 Å². The van der Waals surface area contributed by atoms with E-state index in [-0.39, 0.29) is 5.69 Å². The smallest absolute Gasteiger partial charge is 0.302 e. The average Bonchev–Trinajstić information content (AvgIpc) is 2.56. The molecule has 0 aliphatic heterocycles. The number of aromatic amines is 1. The Morgan fingerprint density at radius 3 is 3.00 bits per heavy atom. The molecule has 0 bridgehead atoms. The highest BCUT2D eigenvalue weighted by atomic mass is 32.1. The standard InChI is InChI=1S/C9H7FN2OS/c1-5-2-3-14-8(5)7-6(10)4-11-9(13)12-7/h2-4H,1H3,(H,11,12,13). The van der Waals surface area contributed by atoms with Crippen molar-refractivity contribution < 1.29 is 4.39 Å². The van der Waals surface area contributed by atoms with Gasteiger partial charge in [0.1, 0.15) is 0 Å². The second-order valence-electron chi connectivity index (χ2n) is 2.84. The van der Waals surface area contributed by atoms with Crippen LogP contribution in [0.2, 0.25) is 0 Å². The first-order valence-electron chi connectivity index (χ1n) is 3.98. The number of rotatable bonds is 1. The van der Waals surface area contributed by atoms with Crippen molar-refractivity contribution >= 4 is 11.3 Å². The normalized spacial score (nSPS) is 10.4. The molecule has 0 spiro atoms. The molecule has 2 aromatic heterocycles. The van der Waals surface area contributed by atoms with Gasteiger partial charge in [-0.05, 0) is 23.9 Å². The van der Waals surface area contributed by atoms with E-state index < -0.39 is 11.5 Å². The van der Waals surface area contributed by atoms with Crippen LogP contribution in [0.15, 0.2) is 22.4 Å². The summed E-state index contributed by atoms with van der Waals surface area (Å²) in [5, 5.41) is 1.85. The van der Waals surface area contributed by atoms with E-state index in [4.69, 9.17) is 0 Å². The van der Waals surface area contributed by atoms with Crippen molar-refractivity contribution in [2.45, 2.75) is 6.92 Å². The first-order chi connectivity index (χ1) is 6.68. The Labute approximate surface area is 83.3 Å². The largest absolute Gasteiger partial charge is 0.345 e.